The molecule has 1 amide bonds. The smallest absolute Gasteiger partial charge is 0.410 e. The van der Waals surface area contributed by atoms with Crippen LogP contribution < -0.4 is 0 Å². The SMILES string of the molecule is CC1c2ccc(O)cc2CCN1C(=O)OCc1ccccc1. The zero-order chi connectivity index (χ0) is 15.5. The largest absolute Gasteiger partial charge is 0.508 e. The van der Waals surface area contributed by atoms with Gasteiger partial charge in [-0.15, -0.1) is 0 Å². The molecule has 1 aliphatic heterocycles. The summed E-state index contributed by atoms with van der Waals surface area (Å²) in [6.45, 7) is 2.87. The summed E-state index contributed by atoms with van der Waals surface area (Å²) < 4.78 is 5.41. The summed E-state index contributed by atoms with van der Waals surface area (Å²) in [4.78, 5) is 14.1. The second-order valence-electron chi connectivity index (χ2n) is 5.54. The van der Waals surface area contributed by atoms with Gasteiger partial charge in [0.05, 0.1) is 6.04 Å². The van der Waals surface area contributed by atoms with Crippen molar-refractivity contribution in [3.05, 3.63) is 65.2 Å². The molecule has 1 atom stereocenters. The van der Waals surface area contributed by atoms with E-state index in [1.165, 1.54) is 0 Å². The molecule has 1 N–H and O–H groups in total. The minimum absolute atomic E-state index is 0.0485. The van der Waals surface area contributed by atoms with Gasteiger partial charge < -0.3 is 14.7 Å². The molecule has 1 heterocycles. The number of ether oxygens (including phenoxy) is 1. The van der Waals surface area contributed by atoms with Gasteiger partial charge >= 0.3 is 6.09 Å². The molecule has 2 aromatic rings. The molecule has 0 radical (unpaired) electrons. The molecule has 0 fully saturated rings. The van der Waals surface area contributed by atoms with Gasteiger partial charge in [0.25, 0.3) is 0 Å². The van der Waals surface area contributed by atoms with E-state index >= 15 is 0 Å². The number of nitrogens with zero attached hydrogens (tertiary/aromatic N) is 1. The normalized spacial score (nSPS) is 17.0. The van der Waals surface area contributed by atoms with Gasteiger partial charge in [-0.05, 0) is 42.2 Å². The molecule has 0 bridgehead atoms. The lowest BCUT2D eigenvalue weighted by Crippen LogP contribution is -2.39. The van der Waals surface area contributed by atoms with Crippen LogP contribution >= 0.6 is 0 Å². The van der Waals surface area contributed by atoms with Gasteiger partial charge in [-0.3, -0.25) is 0 Å². The molecule has 4 nitrogen and oxygen atoms in total. The lowest BCUT2D eigenvalue weighted by molar-refractivity contribution is 0.0803. The zero-order valence-corrected chi connectivity index (χ0v) is 12.5. The van der Waals surface area contributed by atoms with Gasteiger partial charge in [-0.2, -0.15) is 0 Å². The van der Waals surface area contributed by atoms with Crippen LogP contribution in [0.15, 0.2) is 48.5 Å². The number of fused-ring (bicyclic) bond motifs is 1. The fourth-order valence-electron chi connectivity index (χ4n) is 2.87. The van der Waals surface area contributed by atoms with E-state index in [0.29, 0.717) is 6.54 Å². The van der Waals surface area contributed by atoms with Crippen LogP contribution in [0.2, 0.25) is 0 Å². The third-order valence-electron chi connectivity index (χ3n) is 4.11. The van der Waals surface area contributed by atoms with Crippen molar-refractivity contribution in [2.24, 2.45) is 0 Å². The van der Waals surface area contributed by atoms with Crippen LogP contribution in [0, 0.1) is 0 Å². The van der Waals surface area contributed by atoms with Crippen molar-refractivity contribution in [3.8, 4) is 5.75 Å². The average molecular weight is 297 g/mol. The van der Waals surface area contributed by atoms with Crippen LogP contribution in [0.3, 0.4) is 0 Å². The van der Waals surface area contributed by atoms with Crippen molar-refractivity contribution in [2.75, 3.05) is 6.54 Å². The Bertz CT molecular complexity index is 669. The topological polar surface area (TPSA) is 49.8 Å². The van der Waals surface area contributed by atoms with E-state index in [1.54, 1.807) is 17.0 Å². The fraction of sp³-hybridized carbons (Fsp3) is 0.278. The van der Waals surface area contributed by atoms with E-state index in [9.17, 15) is 9.90 Å². The molecule has 0 spiro atoms. The number of amides is 1. The Balaban J connectivity index is 1.68. The molecule has 114 valence electrons. The maximum atomic E-state index is 12.3. The fourth-order valence-corrected chi connectivity index (χ4v) is 2.87. The highest BCUT2D eigenvalue weighted by atomic mass is 16.6. The Morgan fingerprint density at radius 1 is 1.27 bits per heavy atom. The van der Waals surface area contributed by atoms with Gasteiger partial charge in [0.1, 0.15) is 12.4 Å². The Kier molecular flexibility index (Phi) is 4.00. The van der Waals surface area contributed by atoms with Gasteiger partial charge in [0.15, 0.2) is 0 Å². The number of rotatable bonds is 2. The van der Waals surface area contributed by atoms with E-state index < -0.39 is 0 Å². The maximum Gasteiger partial charge on any atom is 0.410 e. The second-order valence-corrected chi connectivity index (χ2v) is 5.54. The van der Waals surface area contributed by atoms with Gasteiger partial charge in [0.2, 0.25) is 0 Å². The number of benzene rings is 2. The Labute approximate surface area is 130 Å². The van der Waals surface area contributed by atoms with Crippen molar-refractivity contribution in [3.63, 3.8) is 0 Å². The minimum atomic E-state index is -0.296. The van der Waals surface area contributed by atoms with Gasteiger partial charge in [-0.25, -0.2) is 4.79 Å². The van der Waals surface area contributed by atoms with Crippen LogP contribution in [0.1, 0.15) is 29.7 Å². The first-order valence-electron chi connectivity index (χ1n) is 7.44. The number of carbonyl (C=O) groups is 1. The minimum Gasteiger partial charge on any atom is -0.508 e. The first-order valence-corrected chi connectivity index (χ1v) is 7.44. The summed E-state index contributed by atoms with van der Waals surface area (Å²) in [5.74, 6) is 0.269. The molecule has 0 saturated carbocycles. The molecule has 22 heavy (non-hydrogen) atoms. The first-order chi connectivity index (χ1) is 10.6. The highest BCUT2D eigenvalue weighted by molar-refractivity contribution is 5.69. The summed E-state index contributed by atoms with van der Waals surface area (Å²) >= 11 is 0. The molecule has 4 heteroatoms. The predicted molar refractivity (Wildman–Crippen MR) is 83.6 cm³/mol. The Morgan fingerprint density at radius 3 is 2.82 bits per heavy atom. The van der Waals surface area contributed by atoms with Crippen LogP contribution in [0.25, 0.3) is 0 Å². The van der Waals surface area contributed by atoms with Crippen molar-refractivity contribution in [2.45, 2.75) is 26.0 Å². The number of aromatic hydroxyl groups is 1. The highest BCUT2D eigenvalue weighted by Crippen LogP contribution is 2.31. The second kappa shape index (κ2) is 6.10. The van der Waals surface area contributed by atoms with Crippen molar-refractivity contribution < 1.29 is 14.6 Å². The Morgan fingerprint density at radius 2 is 2.05 bits per heavy atom. The number of hydrogen-bond donors (Lipinski definition) is 1. The molecule has 0 saturated heterocycles. The van der Waals surface area contributed by atoms with E-state index in [4.69, 9.17) is 4.74 Å². The van der Waals surface area contributed by atoms with E-state index in [1.807, 2.05) is 43.3 Å². The average Bonchev–Trinajstić information content (AvgIpc) is 2.54. The molecule has 0 aromatic heterocycles. The predicted octanol–water partition coefficient (Wildman–Crippen LogP) is 3.65. The molecule has 0 aliphatic carbocycles. The van der Waals surface area contributed by atoms with E-state index in [2.05, 4.69) is 0 Å². The molecule has 2 aromatic carbocycles. The third kappa shape index (κ3) is 2.91. The lowest BCUT2D eigenvalue weighted by Gasteiger charge is -2.34. The number of phenolic OH excluding ortho intramolecular Hbond substituents is 1. The molecule has 1 unspecified atom stereocenters. The zero-order valence-electron chi connectivity index (χ0n) is 12.5. The number of phenols is 1. The summed E-state index contributed by atoms with van der Waals surface area (Å²) in [7, 11) is 0. The quantitative estimate of drug-likeness (QED) is 0.920. The van der Waals surface area contributed by atoms with Gasteiger partial charge in [-0.1, -0.05) is 36.4 Å². The third-order valence-corrected chi connectivity index (χ3v) is 4.11. The monoisotopic (exact) mass is 297 g/mol. The Hall–Kier alpha value is -2.49. The molecule has 3 rings (SSSR count). The van der Waals surface area contributed by atoms with E-state index in [0.717, 1.165) is 23.1 Å². The van der Waals surface area contributed by atoms with E-state index in [-0.39, 0.29) is 24.5 Å². The molecular weight excluding hydrogens is 278 g/mol. The van der Waals surface area contributed by atoms with Crippen molar-refractivity contribution in [1.29, 1.82) is 0 Å². The van der Waals surface area contributed by atoms with Crippen LogP contribution in [-0.2, 0) is 17.8 Å². The van der Waals surface area contributed by atoms with Crippen LogP contribution in [0.4, 0.5) is 4.79 Å². The summed E-state index contributed by atoms with van der Waals surface area (Å²) in [6, 6.07) is 14.9. The lowest BCUT2D eigenvalue weighted by atomic mass is 9.94. The number of carbonyl (C=O) groups excluding carboxylic acids is 1. The summed E-state index contributed by atoms with van der Waals surface area (Å²) in [5.41, 5.74) is 3.14. The molecule has 1 aliphatic rings. The highest BCUT2D eigenvalue weighted by Gasteiger charge is 2.28. The van der Waals surface area contributed by atoms with Gasteiger partial charge in [0, 0.05) is 6.54 Å². The standard InChI is InChI=1S/C18H19NO3/c1-13-17-8-7-16(20)11-15(17)9-10-19(13)18(21)22-12-14-5-3-2-4-6-14/h2-8,11,13,20H,9-10,12H2,1H3. The van der Waals surface area contributed by atoms with Crippen molar-refractivity contribution >= 4 is 6.09 Å². The van der Waals surface area contributed by atoms with Crippen LogP contribution in [0.5, 0.6) is 5.75 Å². The van der Waals surface area contributed by atoms with Crippen molar-refractivity contribution in [1.82, 2.24) is 4.90 Å². The molecular formula is C18H19NO3. The maximum absolute atomic E-state index is 12.3. The first kappa shape index (κ1) is 14.4. The number of hydrogen-bond acceptors (Lipinski definition) is 3. The summed E-state index contributed by atoms with van der Waals surface area (Å²) in [5, 5.41) is 9.55. The van der Waals surface area contributed by atoms with Crippen LogP contribution in [-0.4, -0.2) is 22.6 Å². The summed E-state index contributed by atoms with van der Waals surface area (Å²) in [6.07, 6.45) is 0.434.